The molecule has 2 aromatic rings. The van der Waals surface area contributed by atoms with Gasteiger partial charge in [0.1, 0.15) is 5.82 Å². The maximum Gasteiger partial charge on any atom is 0.203 e. The number of rotatable bonds is 5. The summed E-state index contributed by atoms with van der Waals surface area (Å²) < 4.78 is 13.7. The monoisotopic (exact) mass is 346 g/mol. The van der Waals surface area contributed by atoms with Crippen LogP contribution in [0, 0.1) is 12.7 Å². The molecule has 0 bridgehead atoms. The van der Waals surface area contributed by atoms with Crippen molar-refractivity contribution in [1.29, 1.82) is 0 Å². The maximum atomic E-state index is 13.7. The first kappa shape index (κ1) is 17.0. The van der Waals surface area contributed by atoms with Gasteiger partial charge < -0.3 is 0 Å². The molecule has 24 heavy (non-hydrogen) atoms. The third kappa shape index (κ3) is 4.85. The van der Waals surface area contributed by atoms with Crippen LogP contribution in [0.3, 0.4) is 0 Å². The highest BCUT2D eigenvalue weighted by Crippen LogP contribution is 2.17. The van der Waals surface area contributed by atoms with Crippen molar-refractivity contribution >= 4 is 22.7 Å². The van der Waals surface area contributed by atoms with Crippen molar-refractivity contribution in [2.45, 2.75) is 39.2 Å². The number of nitrogens with one attached hydrogen (secondary N) is 1. The second kappa shape index (κ2) is 8.35. The Labute approximate surface area is 146 Å². The predicted molar refractivity (Wildman–Crippen MR) is 98.2 cm³/mol. The lowest BCUT2D eigenvalue weighted by Gasteiger charge is -2.20. The summed E-state index contributed by atoms with van der Waals surface area (Å²) in [5.74, 6) is -0.194. The quantitative estimate of drug-likeness (QED) is 0.644. The average Bonchev–Trinajstić information content (AvgIpc) is 2.81. The summed E-state index contributed by atoms with van der Waals surface area (Å²) in [4.78, 5) is 6.72. The number of hydrogen-bond donors (Lipinski definition) is 1. The van der Waals surface area contributed by atoms with E-state index in [-0.39, 0.29) is 5.82 Å². The van der Waals surface area contributed by atoms with Crippen LogP contribution in [-0.2, 0) is 6.54 Å². The number of aryl methyl sites for hydroxylation is 1. The van der Waals surface area contributed by atoms with Crippen molar-refractivity contribution in [2.24, 2.45) is 5.10 Å². The lowest BCUT2D eigenvalue weighted by Crippen LogP contribution is -2.24. The first-order chi connectivity index (χ1) is 11.7. The van der Waals surface area contributed by atoms with Gasteiger partial charge in [0.15, 0.2) is 0 Å². The van der Waals surface area contributed by atoms with Crippen LogP contribution in [0.4, 0.5) is 9.52 Å². The Balaban J connectivity index is 1.69. The molecule has 0 aliphatic carbocycles. The predicted octanol–water partition coefficient (Wildman–Crippen LogP) is 4.41. The molecule has 6 heteroatoms. The number of benzene rings is 1. The van der Waals surface area contributed by atoms with Crippen molar-refractivity contribution in [3.8, 4) is 0 Å². The molecule has 1 aromatic carbocycles. The average molecular weight is 346 g/mol. The van der Waals surface area contributed by atoms with Gasteiger partial charge in [0.05, 0.1) is 11.9 Å². The van der Waals surface area contributed by atoms with E-state index in [0.29, 0.717) is 0 Å². The normalized spacial score (nSPS) is 16.4. The molecule has 4 nitrogen and oxygen atoms in total. The smallest absolute Gasteiger partial charge is 0.203 e. The van der Waals surface area contributed by atoms with E-state index in [1.54, 1.807) is 18.3 Å². The SMILES string of the molecule is Cc1csc(NN=Cc2ccc(F)cc2CN2CCCCCC2)n1. The molecule has 0 amide bonds. The van der Waals surface area contributed by atoms with Gasteiger partial charge >= 0.3 is 0 Å². The van der Waals surface area contributed by atoms with E-state index in [4.69, 9.17) is 0 Å². The third-order valence-electron chi connectivity index (χ3n) is 4.18. The van der Waals surface area contributed by atoms with Gasteiger partial charge in [-0.2, -0.15) is 5.10 Å². The zero-order valence-electron chi connectivity index (χ0n) is 14.0. The summed E-state index contributed by atoms with van der Waals surface area (Å²) in [6, 6.07) is 4.90. The Morgan fingerprint density at radius 1 is 1.29 bits per heavy atom. The minimum absolute atomic E-state index is 0.194. The van der Waals surface area contributed by atoms with Crippen molar-refractivity contribution in [3.05, 3.63) is 46.2 Å². The molecule has 1 aliphatic rings. The molecule has 0 radical (unpaired) electrons. The van der Waals surface area contributed by atoms with Gasteiger partial charge in [-0.25, -0.2) is 9.37 Å². The van der Waals surface area contributed by atoms with E-state index in [2.05, 4.69) is 20.4 Å². The summed E-state index contributed by atoms with van der Waals surface area (Å²) in [5, 5.41) is 7.00. The number of hydrazone groups is 1. The Hall–Kier alpha value is -1.79. The summed E-state index contributed by atoms with van der Waals surface area (Å²) in [7, 11) is 0. The van der Waals surface area contributed by atoms with E-state index in [1.807, 2.05) is 12.3 Å². The lowest BCUT2D eigenvalue weighted by molar-refractivity contribution is 0.276. The van der Waals surface area contributed by atoms with Crippen LogP contribution in [0.5, 0.6) is 0 Å². The van der Waals surface area contributed by atoms with Gasteiger partial charge in [0.25, 0.3) is 0 Å². The molecule has 3 rings (SSSR count). The van der Waals surface area contributed by atoms with Crippen LogP contribution in [0.15, 0.2) is 28.7 Å². The van der Waals surface area contributed by atoms with Crippen LogP contribution in [-0.4, -0.2) is 29.2 Å². The number of likely N-dealkylation sites (tertiary alicyclic amines) is 1. The van der Waals surface area contributed by atoms with Crippen LogP contribution in [0.25, 0.3) is 0 Å². The molecular formula is C18H23FN4S. The van der Waals surface area contributed by atoms with E-state index < -0.39 is 0 Å². The summed E-state index contributed by atoms with van der Waals surface area (Å²) >= 11 is 1.52. The minimum atomic E-state index is -0.194. The molecule has 1 saturated heterocycles. The highest BCUT2D eigenvalue weighted by atomic mass is 32.1. The van der Waals surface area contributed by atoms with E-state index in [1.165, 1.54) is 43.1 Å². The fourth-order valence-corrected chi connectivity index (χ4v) is 3.57. The summed E-state index contributed by atoms with van der Waals surface area (Å²) in [5.41, 5.74) is 5.84. The standard InChI is InChI=1S/C18H23FN4S/c1-14-13-24-18(21-14)22-20-11-15-6-7-17(19)10-16(15)12-23-8-4-2-3-5-9-23/h6-7,10-11,13H,2-5,8-9,12H2,1H3,(H,21,22). The molecule has 1 aromatic heterocycles. The van der Waals surface area contributed by atoms with E-state index in [9.17, 15) is 4.39 Å². The highest BCUT2D eigenvalue weighted by Gasteiger charge is 2.12. The van der Waals surface area contributed by atoms with Crippen LogP contribution in [0.1, 0.15) is 42.5 Å². The van der Waals surface area contributed by atoms with Crippen molar-refractivity contribution in [1.82, 2.24) is 9.88 Å². The van der Waals surface area contributed by atoms with Gasteiger partial charge in [-0.3, -0.25) is 10.3 Å². The Kier molecular flexibility index (Phi) is 5.93. The summed E-state index contributed by atoms with van der Waals surface area (Å²) in [6.45, 7) is 4.90. The van der Waals surface area contributed by atoms with Crippen molar-refractivity contribution in [3.63, 3.8) is 0 Å². The number of thiazole rings is 1. The fraction of sp³-hybridized carbons (Fsp3) is 0.444. The van der Waals surface area contributed by atoms with Crippen molar-refractivity contribution in [2.75, 3.05) is 18.5 Å². The largest absolute Gasteiger partial charge is 0.299 e. The number of hydrogen-bond acceptors (Lipinski definition) is 5. The Morgan fingerprint density at radius 2 is 2.08 bits per heavy atom. The number of anilines is 1. The summed E-state index contributed by atoms with van der Waals surface area (Å²) in [6.07, 6.45) is 6.80. The Bertz CT molecular complexity index is 690. The van der Waals surface area contributed by atoms with Gasteiger partial charge in [-0.15, -0.1) is 11.3 Å². The van der Waals surface area contributed by atoms with Gasteiger partial charge in [-0.1, -0.05) is 18.9 Å². The zero-order valence-corrected chi connectivity index (χ0v) is 14.8. The topological polar surface area (TPSA) is 40.5 Å². The van der Waals surface area contributed by atoms with Crippen LogP contribution in [0.2, 0.25) is 0 Å². The fourth-order valence-electron chi connectivity index (χ4n) is 2.93. The van der Waals surface area contributed by atoms with Crippen LogP contribution < -0.4 is 5.43 Å². The minimum Gasteiger partial charge on any atom is -0.299 e. The molecule has 1 aliphatic heterocycles. The van der Waals surface area contributed by atoms with Gasteiger partial charge in [0, 0.05) is 11.9 Å². The molecule has 0 spiro atoms. The third-order valence-corrected chi connectivity index (χ3v) is 5.05. The molecule has 0 unspecified atom stereocenters. The first-order valence-corrected chi connectivity index (χ1v) is 9.31. The molecule has 1 N–H and O–H groups in total. The van der Waals surface area contributed by atoms with Gasteiger partial charge in [0.2, 0.25) is 5.13 Å². The van der Waals surface area contributed by atoms with Gasteiger partial charge in [-0.05, 0) is 56.1 Å². The van der Waals surface area contributed by atoms with E-state index >= 15 is 0 Å². The highest BCUT2D eigenvalue weighted by molar-refractivity contribution is 7.13. The molecule has 128 valence electrons. The molecule has 0 atom stereocenters. The lowest BCUT2D eigenvalue weighted by atomic mass is 10.1. The second-order valence-corrected chi connectivity index (χ2v) is 7.06. The maximum absolute atomic E-state index is 13.7. The van der Waals surface area contributed by atoms with Crippen LogP contribution >= 0.6 is 11.3 Å². The molecule has 2 heterocycles. The number of nitrogens with zero attached hydrogens (tertiary/aromatic N) is 3. The molecular weight excluding hydrogens is 323 g/mol. The molecule has 1 fully saturated rings. The van der Waals surface area contributed by atoms with E-state index in [0.717, 1.165) is 41.6 Å². The Morgan fingerprint density at radius 3 is 2.79 bits per heavy atom. The molecule has 0 saturated carbocycles. The zero-order chi connectivity index (χ0) is 16.8. The van der Waals surface area contributed by atoms with Crippen molar-refractivity contribution < 1.29 is 4.39 Å². The number of aromatic nitrogens is 1. The second-order valence-electron chi connectivity index (χ2n) is 6.20. The first-order valence-electron chi connectivity index (χ1n) is 8.43. The number of halogens is 1.